The minimum atomic E-state index is -0.379. The van der Waals surface area contributed by atoms with E-state index in [0.717, 1.165) is 25.9 Å². The Labute approximate surface area is 89.2 Å². The van der Waals surface area contributed by atoms with E-state index in [1.54, 1.807) is 0 Å². The molecular weight excluding hydrogens is 196 g/mol. The zero-order valence-corrected chi connectivity index (χ0v) is 8.74. The number of hydrogen-bond acceptors (Lipinski definition) is 3. The highest BCUT2D eigenvalue weighted by Gasteiger charge is 2.29. The fraction of sp³-hybridized carbons (Fsp3) is 0.900. The summed E-state index contributed by atoms with van der Waals surface area (Å²) < 4.78 is 5.14. The SMILES string of the molecule is O=C(NCC(O)C1CC1)NC1CCOC1. The average molecular weight is 214 g/mol. The molecule has 0 spiro atoms. The molecule has 1 saturated heterocycles. The second-order valence-corrected chi connectivity index (χ2v) is 4.32. The smallest absolute Gasteiger partial charge is 0.315 e. The van der Waals surface area contributed by atoms with Gasteiger partial charge in [-0.2, -0.15) is 0 Å². The summed E-state index contributed by atoms with van der Waals surface area (Å²) in [4.78, 5) is 11.4. The van der Waals surface area contributed by atoms with E-state index in [-0.39, 0.29) is 18.2 Å². The molecule has 0 aromatic heterocycles. The van der Waals surface area contributed by atoms with Crippen LogP contribution in [-0.4, -0.2) is 43.0 Å². The minimum Gasteiger partial charge on any atom is -0.391 e. The molecule has 2 rings (SSSR count). The molecule has 15 heavy (non-hydrogen) atoms. The van der Waals surface area contributed by atoms with Gasteiger partial charge in [-0.3, -0.25) is 0 Å². The van der Waals surface area contributed by atoms with Gasteiger partial charge in [0, 0.05) is 13.2 Å². The topological polar surface area (TPSA) is 70.6 Å². The van der Waals surface area contributed by atoms with Gasteiger partial charge in [-0.25, -0.2) is 4.79 Å². The summed E-state index contributed by atoms with van der Waals surface area (Å²) in [5.74, 6) is 0.403. The normalized spacial score (nSPS) is 27.4. The Morgan fingerprint density at radius 1 is 1.47 bits per heavy atom. The fourth-order valence-electron chi connectivity index (χ4n) is 1.73. The van der Waals surface area contributed by atoms with Gasteiger partial charge < -0.3 is 20.5 Å². The zero-order valence-electron chi connectivity index (χ0n) is 8.74. The molecule has 2 aliphatic rings. The lowest BCUT2D eigenvalue weighted by Gasteiger charge is -2.14. The van der Waals surface area contributed by atoms with E-state index in [4.69, 9.17) is 4.74 Å². The van der Waals surface area contributed by atoms with Crippen molar-refractivity contribution in [2.24, 2.45) is 5.92 Å². The van der Waals surface area contributed by atoms with Crippen LogP contribution in [0.5, 0.6) is 0 Å². The van der Waals surface area contributed by atoms with E-state index < -0.39 is 0 Å². The number of carbonyl (C=O) groups excluding carboxylic acids is 1. The lowest BCUT2D eigenvalue weighted by Crippen LogP contribution is -2.45. The van der Waals surface area contributed by atoms with Crippen LogP contribution in [0.15, 0.2) is 0 Å². The summed E-state index contributed by atoms with van der Waals surface area (Å²) in [5, 5.41) is 15.0. The molecule has 2 fully saturated rings. The molecular formula is C10H18N2O3. The number of amides is 2. The molecule has 1 saturated carbocycles. The zero-order chi connectivity index (χ0) is 10.7. The van der Waals surface area contributed by atoms with Crippen LogP contribution in [0.25, 0.3) is 0 Å². The van der Waals surface area contributed by atoms with Gasteiger partial charge in [-0.05, 0) is 25.2 Å². The van der Waals surface area contributed by atoms with Crippen molar-refractivity contribution in [2.45, 2.75) is 31.4 Å². The molecule has 0 aromatic rings. The van der Waals surface area contributed by atoms with Crippen LogP contribution in [0.1, 0.15) is 19.3 Å². The Balaban J connectivity index is 1.59. The maximum atomic E-state index is 11.4. The van der Waals surface area contributed by atoms with Crippen LogP contribution in [0.2, 0.25) is 0 Å². The highest BCUT2D eigenvalue weighted by molar-refractivity contribution is 5.74. The van der Waals surface area contributed by atoms with Crippen LogP contribution in [-0.2, 0) is 4.74 Å². The Kier molecular flexibility index (Phi) is 3.43. The maximum Gasteiger partial charge on any atom is 0.315 e. The lowest BCUT2D eigenvalue weighted by atomic mass is 10.2. The van der Waals surface area contributed by atoms with Crippen LogP contribution in [0.4, 0.5) is 4.79 Å². The van der Waals surface area contributed by atoms with Gasteiger partial charge in [-0.1, -0.05) is 0 Å². The summed E-state index contributed by atoms with van der Waals surface area (Å²) in [5.41, 5.74) is 0. The summed E-state index contributed by atoms with van der Waals surface area (Å²) >= 11 is 0. The molecule has 3 N–H and O–H groups in total. The van der Waals surface area contributed by atoms with Crippen molar-refractivity contribution in [2.75, 3.05) is 19.8 Å². The molecule has 86 valence electrons. The number of ether oxygens (including phenoxy) is 1. The number of carbonyl (C=O) groups is 1. The molecule has 5 nitrogen and oxygen atoms in total. The molecule has 2 unspecified atom stereocenters. The summed E-state index contributed by atoms with van der Waals surface area (Å²) in [6, 6.07) is -0.0757. The number of aliphatic hydroxyl groups excluding tert-OH is 1. The molecule has 1 aliphatic carbocycles. The number of urea groups is 1. The van der Waals surface area contributed by atoms with Crippen LogP contribution >= 0.6 is 0 Å². The Hall–Kier alpha value is -0.810. The van der Waals surface area contributed by atoms with Crippen LogP contribution < -0.4 is 10.6 Å². The molecule has 1 aliphatic heterocycles. The maximum absolute atomic E-state index is 11.4. The van der Waals surface area contributed by atoms with Gasteiger partial charge in [0.05, 0.1) is 18.8 Å². The first-order valence-electron chi connectivity index (χ1n) is 5.56. The highest BCUT2D eigenvalue weighted by Crippen LogP contribution is 2.32. The van der Waals surface area contributed by atoms with Gasteiger partial charge in [0.2, 0.25) is 0 Å². The van der Waals surface area contributed by atoms with Crippen molar-refractivity contribution in [3.8, 4) is 0 Å². The van der Waals surface area contributed by atoms with Crippen molar-refractivity contribution < 1.29 is 14.6 Å². The van der Waals surface area contributed by atoms with Gasteiger partial charge in [0.1, 0.15) is 0 Å². The fourth-order valence-corrected chi connectivity index (χ4v) is 1.73. The standard InChI is InChI=1S/C10H18N2O3/c13-9(7-1-2-7)5-11-10(14)12-8-3-4-15-6-8/h7-9,13H,1-6H2,(H2,11,12,14). The third-order valence-corrected chi connectivity index (χ3v) is 2.90. The molecule has 0 bridgehead atoms. The lowest BCUT2D eigenvalue weighted by molar-refractivity contribution is 0.148. The second-order valence-electron chi connectivity index (χ2n) is 4.32. The van der Waals surface area contributed by atoms with Crippen molar-refractivity contribution in [1.82, 2.24) is 10.6 Å². The first-order chi connectivity index (χ1) is 7.25. The number of aliphatic hydroxyl groups is 1. The predicted molar refractivity (Wildman–Crippen MR) is 54.5 cm³/mol. The van der Waals surface area contributed by atoms with Crippen molar-refractivity contribution >= 4 is 6.03 Å². The van der Waals surface area contributed by atoms with Gasteiger partial charge in [-0.15, -0.1) is 0 Å². The van der Waals surface area contributed by atoms with Crippen molar-refractivity contribution in [1.29, 1.82) is 0 Å². The van der Waals surface area contributed by atoms with E-state index in [2.05, 4.69) is 10.6 Å². The molecule has 1 heterocycles. The Bertz CT molecular complexity index is 225. The monoisotopic (exact) mass is 214 g/mol. The van der Waals surface area contributed by atoms with Crippen LogP contribution in [0.3, 0.4) is 0 Å². The third-order valence-electron chi connectivity index (χ3n) is 2.90. The van der Waals surface area contributed by atoms with E-state index in [1.165, 1.54) is 0 Å². The highest BCUT2D eigenvalue weighted by atomic mass is 16.5. The quantitative estimate of drug-likeness (QED) is 0.609. The van der Waals surface area contributed by atoms with Crippen LogP contribution in [0, 0.1) is 5.92 Å². The van der Waals surface area contributed by atoms with E-state index in [1.807, 2.05) is 0 Å². The van der Waals surface area contributed by atoms with E-state index >= 15 is 0 Å². The molecule has 0 radical (unpaired) electrons. The van der Waals surface area contributed by atoms with Gasteiger partial charge >= 0.3 is 6.03 Å². The van der Waals surface area contributed by atoms with Gasteiger partial charge in [0.15, 0.2) is 0 Å². The van der Waals surface area contributed by atoms with E-state index in [9.17, 15) is 9.90 Å². The van der Waals surface area contributed by atoms with Crippen molar-refractivity contribution in [3.63, 3.8) is 0 Å². The summed E-state index contributed by atoms with van der Waals surface area (Å²) in [6.45, 7) is 1.67. The number of nitrogens with one attached hydrogen (secondary N) is 2. The predicted octanol–water partition coefficient (Wildman–Crippen LogP) is -0.155. The first kappa shape index (κ1) is 10.7. The van der Waals surface area contributed by atoms with E-state index in [0.29, 0.717) is 19.1 Å². The minimum absolute atomic E-state index is 0.128. The largest absolute Gasteiger partial charge is 0.391 e. The Morgan fingerprint density at radius 3 is 2.87 bits per heavy atom. The second kappa shape index (κ2) is 4.81. The number of rotatable bonds is 4. The Morgan fingerprint density at radius 2 is 2.27 bits per heavy atom. The third kappa shape index (κ3) is 3.35. The molecule has 2 atom stereocenters. The average Bonchev–Trinajstić information content (AvgIpc) is 2.95. The summed E-state index contributed by atoms with van der Waals surface area (Å²) in [6.07, 6.45) is 2.66. The summed E-state index contributed by atoms with van der Waals surface area (Å²) in [7, 11) is 0. The van der Waals surface area contributed by atoms with Gasteiger partial charge in [0.25, 0.3) is 0 Å². The molecule has 0 aromatic carbocycles. The first-order valence-corrected chi connectivity index (χ1v) is 5.56. The van der Waals surface area contributed by atoms with Crippen molar-refractivity contribution in [3.05, 3.63) is 0 Å². The number of hydrogen-bond donors (Lipinski definition) is 3. The molecule has 5 heteroatoms. The molecule has 2 amide bonds.